The summed E-state index contributed by atoms with van der Waals surface area (Å²) in [6.45, 7) is 4.93. The average molecular weight is 467 g/mol. The fraction of sp³-hybridized carbons (Fsp3) is 0.440. The Bertz CT molecular complexity index is 1190. The minimum Gasteiger partial charge on any atom is -0.493 e. The molecule has 9 heteroatoms. The van der Waals surface area contributed by atoms with Gasteiger partial charge < -0.3 is 33.9 Å². The van der Waals surface area contributed by atoms with Gasteiger partial charge in [-0.1, -0.05) is 13.0 Å². The highest BCUT2D eigenvalue weighted by molar-refractivity contribution is 5.97. The number of hydrogen-bond donors (Lipinski definition) is 1. The topological polar surface area (TPSA) is 87.2 Å². The van der Waals surface area contributed by atoms with Gasteiger partial charge >= 0.3 is 0 Å². The summed E-state index contributed by atoms with van der Waals surface area (Å²) in [4.78, 5) is 12.1. The van der Waals surface area contributed by atoms with Crippen molar-refractivity contribution in [2.75, 3.05) is 51.4 Å². The Kier molecular flexibility index (Phi) is 6.08. The predicted octanol–water partition coefficient (Wildman–Crippen LogP) is 4.23. The van der Waals surface area contributed by atoms with Gasteiger partial charge in [-0.05, 0) is 42.5 Å². The molecule has 0 amide bonds. The second-order valence-electron chi connectivity index (χ2n) is 8.62. The van der Waals surface area contributed by atoms with Gasteiger partial charge in [0.15, 0.2) is 23.0 Å². The molecule has 3 aromatic rings. The van der Waals surface area contributed by atoms with Gasteiger partial charge in [-0.2, -0.15) is 4.98 Å². The number of methoxy groups -OCH3 is 3. The summed E-state index contributed by atoms with van der Waals surface area (Å²) in [5.74, 6) is 5.20. The fourth-order valence-corrected chi connectivity index (χ4v) is 4.44. The van der Waals surface area contributed by atoms with Gasteiger partial charge in [0, 0.05) is 19.6 Å². The van der Waals surface area contributed by atoms with Gasteiger partial charge in [0.2, 0.25) is 18.5 Å². The molecule has 5 rings (SSSR count). The first-order valence-electron chi connectivity index (χ1n) is 11.5. The van der Waals surface area contributed by atoms with Crippen LogP contribution < -0.4 is 33.9 Å². The van der Waals surface area contributed by atoms with Crippen molar-refractivity contribution in [3.05, 3.63) is 29.8 Å². The van der Waals surface area contributed by atoms with Crippen LogP contribution >= 0.6 is 0 Å². The number of nitrogens with one attached hydrogen (secondary N) is 1. The molecule has 2 aromatic carbocycles. The maximum atomic E-state index is 5.75. The Morgan fingerprint density at radius 2 is 1.74 bits per heavy atom. The Balaban J connectivity index is 1.57. The van der Waals surface area contributed by atoms with Crippen LogP contribution in [0.1, 0.15) is 25.3 Å². The Hall–Kier alpha value is -3.62. The number of aromatic nitrogens is 2. The van der Waals surface area contributed by atoms with Crippen LogP contribution in [-0.4, -0.2) is 51.2 Å². The molecule has 1 saturated heterocycles. The summed E-state index contributed by atoms with van der Waals surface area (Å²) in [5, 5.41) is 4.29. The number of nitrogens with zero attached hydrogens (tertiary/aromatic N) is 3. The summed E-state index contributed by atoms with van der Waals surface area (Å²) in [5.41, 5.74) is 1.73. The van der Waals surface area contributed by atoms with E-state index in [1.165, 1.54) is 0 Å². The molecule has 0 radical (unpaired) electrons. The van der Waals surface area contributed by atoms with Crippen LogP contribution in [0.4, 0.5) is 11.8 Å². The van der Waals surface area contributed by atoms with Crippen LogP contribution in [0.2, 0.25) is 0 Å². The molecule has 0 unspecified atom stereocenters. The lowest BCUT2D eigenvalue weighted by molar-refractivity contribution is 0.174. The first-order chi connectivity index (χ1) is 16.6. The summed E-state index contributed by atoms with van der Waals surface area (Å²) >= 11 is 0. The molecule has 180 valence electrons. The fourth-order valence-electron chi connectivity index (χ4n) is 4.44. The zero-order chi connectivity index (χ0) is 23.7. The van der Waals surface area contributed by atoms with Crippen molar-refractivity contribution in [1.82, 2.24) is 9.97 Å². The van der Waals surface area contributed by atoms with Crippen molar-refractivity contribution in [3.63, 3.8) is 0 Å². The first kappa shape index (κ1) is 22.2. The van der Waals surface area contributed by atoms with Gasteiger partial charge in [0.1, 0.15) is 11.3 Å². The van der Waals surface area contributed by atoms with E-state index in [4.69, 9.17) is 33.7 Å². The van der Waals surface area contributed by atoms with Crippen molar-refractivity contribution < 1.29 is 23.7 Å². The third kappa shape index (κ3) is 4.06. The van der Waals surface area contributed by atoms with E-state index in [1.54, 1.807) is 21.3 Å². The molecule has 1 N–H and O–H groups in total. The number of piperidine rings is 1. The average Bonchev–Trinajstić information content (AvgIpc) is 3.34. The number of rotatable bonds is 7. The van der Waals surface area contributed by atoms with Crippen LogP contribution in [0.25, 0.3) is 10.9 Å². The predicted molar refractivity (Wildman–Crippen MR) is 130 cm³/mol. The van der Waals surface area contributed by atoms with E-state index in [2.05, 4.69) is 17.1 Å². The maximum Gasteiger partial charge on any atom is 0.231 e. The van der Waals surface area contributed by atoms with Crippen LogP contribution in [0.3, 0.4) is 0 Å². The third-order valence-corrected chi connectivity index (χ3v) is 6.45. The molecule has 0 atom stereocenters. The van der Waals surface area contributed by atoms with Crippen LogP contribution in [0.5, 0.6) is 28.7 Å². The zero-order valence-electron chi connectivity index (χ0n) is 20.0. The molecule has 1 aromatic heterocycles. The highest BCUT2D eigenvalue weighted by atomic mass is 16.7. The molecule has 34 heavy (non-hydrogen) atoms. The summed E-state index contributed by atoms with van der Waals surface area (Å²) < 4.78 is 27.9. The molecule has 9 nitrogen and oxygen atoms in total. The monoisotopic (exact) mass is 466 g/mol. The van der Waals surface area contributed by atoms with Gasteiger partial charge in [-0.15, -0.1) is 0 Å². The summed E-state index contributed by atoms with van der Waals surface area (Å²) in [6, 6.07) is 7.81. The number of hydrogen-bond acceptors (Lipinski definition) is 9. The van der Waals surface area contributed by atoms with Gasteiger partial charge in [-0.25, -0.2) is 4.98 Å². The lowest BCUT2D eigenvalue weighted by Crippen LogP contribution is -2.34. The van der Waals surface area contributed by atoms with Crippen molar-refractivity contribution >= 4 is 22.7 Å². The van der Waals surface area contributed by atoms with Crippen LogP contribution in [-0.2, 0) is 6.54 Å². The largest absolute Gasteiger partial charge is 0.493 e. The number of ether oxygens (including phenoxy) is 5. The smallest absolute Gasteiger partial charge is 0.231 e. The summed E-state index contributed by atoms with van der Waals surface area (Å²) in [6.07, 6.45) is 2.23. The molecule has 1 fully saturated rings. The van der Waals surface area contributed by atoms with E-state index >= 15 is 0 Å². The van der Waals surface area contributed by atoms with E-state index < -0.39 is 0 Å². The highest BCUT2D eigenvalue weighted by Gasteiger charge is 2.24. The summed E-state index contributed by atoms with van der Waals surface area (Å²) in [7, 11) is 4.81. The minimum absolute atomic E-state index is 0.252. The normalized spacial score (nSPS) is 15.5. The van der Waals surface area contributed by atoms with Crippen LogP contribution in [0.15, 0.2) is 24.3 Å². The van der Waals surface area contributed by atoms with Crippen molar-refractivity contribution in [3.8, 4) is 28.7 Å². The maximum absolute atomic E-state index is 5.75. The van der Waals surface area contributed by atoms with Crippen molar-refractivity contribution in [2.24, 2.45) is 5.92 Å². The molecule has 0 saturated carbocycles. The third-order valence-electron chi connectivity index (χ3n) is 6.45. The Labute approximate surface area is 198 Å². The van der Waals surface area contributed by atoms with Gasteiger partial charge in [0.05, 0.1) is 26.7 Å². The second-order valence-corrected chi connectivity index (χ2v) is 8.62. The standard InChI is InChI=1S/C25H30N4O5/c1-15-7-9-29(10-8-15)25-27-21-17(12-20(30-2)22(31-3)23(21)32-4)24(28-25)26-13-16-5-6-18-19(11-16)34-14-33-18/h5-6,11-12,15H,7-10,13-14H2,1-4H3,(H,26,27,28). The molecule has 3 heterocycles. The van der Waals surface area contributed by atoms with E-state index in [1.807, 2.05) is 24.3 Å². The van der Waals surface area contributed by atoms with E-state index in [0.717, 1.165) is 48.4 Å². The molecule has 2 aliphatic heterocycles. The molecule has 0 aliphatic carbocycles. The first-order valence-corrected chi connectivity index (χ1v) is 11.5. The lowest BCUT2D eigenvalue weighted by atomic mass is 10.00. The SMILES string of the molecule is COc1cc2c(NCc3ccc4c(c3)OCO4)nc(N3CCC(C)CC3)nc2c(OC)c1OC. The van der Waals surface area contributed by atoms with Gasteiger partial charge in [-0.3, -0.25) is 0 Å². The molecule has 0 bridgehead atoms. The van der Waals surface area contributed by atoms with E-state index in [9.17, 15) is 0 Å². The molecule has 0 spiro atoms. The molecular formula is C25H30N4O5. The Morgan fingerprint density at radius 3 is 2.47 bits per heavy atom. The van der Waals surface area contributed by atoms with E-state index in [-0.39, 0.29) is 6.79 Å². The lowest BCUT2D eigenvalue weighted by Gasteiger charge is -2.31. The van der Waals surface area contributed by atoms with Crippen LogP contribution in [0, 0.1) is 5.92 Å². The zero-order valence-corrected chi connectivity index (χ0v) is 20.0. The second kappa shape index (κ2) is 9.32. The van der Waals surface area contributed by atoms with Gasteiger partial charge in [0.25, 0.3) is 0 Å². The molecule has 2 aliphatic rings. The molecular weight excluding hydrogens is 436 g/mol. The highest BCUT2D eigenvalue weighted by Crippen LogP contribution is 2.45. The van der Waals surface area contributed by atoms with Crippen molar-refractivity contribution in [2.45, 2.75) is 26.3 Å². The number of benzene rings is 2. The Morgan fingerprint density at radius 1 is 0.971 bits per heavy atom. The minimum atomic E-state index is 0.252. The number of fused-ring (bicyclic) bond motifs is 2. The quantitative estimate of drug-likeness (QED) is 0.549. The van der Waals surface area contributed by atoms with E-state index in [0.29, 0.717) is 47.0 Å². The number of anilines is 2. The van der Waals surface area contributed by atoms with Crippen molar-refractivity contribution in [1.29, 1.82) is 0 Å².